The fourth-order valence-electron chi connectivity index (χ4n) is 2.38. The first-order valence-electron chi connectivity index (χ1n) is 7.44. The molecule has 0 aliphatic carbocycles. The molecule has 2 N–H and O–H groups in total. The van der Waals surface area contributed by atoms with E-state index in [0.717, 1.165) is 11.3 Å². The average molecular weight is 293 g/mol. The zero-order valence-electron chi connectivity index (χ0n) is 13.5. The van der Waals surface area contributed by atoms with Crippen molar-refractivity contribution < 1.29 is 14.6 Å². The largest absolute Gasteiger partial charge is 0.497 e. The van der Waals surface area contributed by atoms with E-state index in [1.165, 1.54) is 0 Å². The van der Waals surface area contributed by atoms with E-state index < -0.39 is 5.60 Å². The summed E-state index contributed by atoms with van der Waals surface area (Å²) in [5, 5.41) is 13.0. The molecule has 1 amide bonds. The molecule has 0 saturated heterocycles. The first kappa shape index (κ1) is 17.5. The van der Waals surface area contributed by atoms with E-state index in [4.69, 9.17) is 4.74 Å². The minimum Gasteiger partial charge on any atom is -0.497 e. The maximum absolute atomic E-state index is 11.8. The van der Waals surface area contributed by atoms with Gasteiger partial charge >= 0.3 is 0 Å². The molecule has 4 nitrogen and oxygen atoms in total. The van der Waals surface area contributed by atoms with Crippen molar-refractivity contribution in [2.45, 2.75) is 45.6 Å². The number of hydrogen-bond donors (Lipinski definition) is 2. The summed E-state index contributed by atoms with van der Waals surface area (Å²) in [5.41, 5.74) is 0.254. The van der Waals surface area contributed by atoms with E-state index in [1.54, 1.807) is 14.0 Å². The van der Waals surface area contributed by atoms with Gasteiger partial charge in [-0.1, -0.05) is 26.0 Å². The number of aryl methyl sites for hydroxylation is 1. The molecule has 0 fully saturated rings. The second-order valence-corrected chi connectivity index (χ2v) is 6.22. The lowest BCUT2D eigenvalue weighted by Crippen LogP contribution is -2.41. The van der Waals surface area contributed by atoms with Crippen LogP contribution in [0.5, 0.6) is 5.75 Å². The molecule has 0 heterocycles. The van der Waals surface area contributed by atoms with Gasteiger partial charge in [-0.05, 0) is 43.4 Å². The molecule has 0 aromatic heterocycles. The van der Waals surface area contributed by atoms with Gasteiger partial charge in [0.15, 0.2) is 0 Å². The molecule has 1 rings (SSSR count). The SMILES string of the molecule is COc1ccc(CCC(=O)NCC(C)(O)CC(C)C)cc1. The van der Waals surface area contributed by atoms with Gasteiger partial charge in [-0.2, -0.15) is 0 Å². The second kappa shape index (κ2) is 8.03. The summed E-state index contributed by atoms with van der Waals surface area (Å²) in [4.78, 5) is 11.8. The van der Waals surface area contributed by atoms with Crippen molar-refractivity contribution in [2.75, 3.05) is 13.7 Å². The lowest BCUT2D eigenvalue weighted by Gasteiger charge is -2.25. The second-order valence-electron chi connectivity index (χ2n) is 6.22. The number of nitrogens with one attached hydrogen (secondary N) is 1. The van der Waals surface area contributed by atoms with E-state index in [1.807, 2.05) is 24.3 Å². The van der Waals surface area contributed by atoms with Crippen LogP contribution in [0.25, 0.3) is 0 Å². The number of aliphatic hydroxyl groups is 1. The van der Waals surface area contributed by atoms with E-state index in [-0.39, 0.29) is 5.91 Å². The van der Waals surface area contributed by atoms with Crippen LogP contribution in [0.2, 0.25) is 0 Å². The van der Waals surface area contributed by atoms with Crippen LogP contribution in [-0.2, 0) is 11.2 Å². The van der Waals surface area contributed by atoms with E-state index in [9.17, 15) is 9.90 Å². The Balaban J connectivity index is 2.33. The summed E-state index contributed by atoms with van der Waals surface area (Å²) in [5.74, 6) is 1.18. The molecule has 0 saturated carbocycles. The van der Waals surface area contributed by atoms with Crippen LogP contribution in [0.4, 0.5) is 0 Å². The topological polar surface area (TPSA) is 58.6 Å². The highest BCUT2D eigenvalue weighted by molar-refractivity contribution is 5.76. The van der Waals surface area contributed by atoms with Crippen molar-refractivity contribution >= 4 is 5.91 Å². The van der Waals surface area contributed by atoms with Crippen molar-refractivity contribution in [3.8, 4) is 5.75 Å². The highest BCUT2D eigenvalue weighted by Crippen LogP contribution is 2.15. The molecule has 1 atom stereocenters. The quantitative estimate of drug-likeness (QED) is 0.774. The lowest BCUT2D eigenvalue weighted by molar-refractivity contribution is -0.122. The normalized spacial score (nSPS) is 13.8. The Hall–Kier alpha value is -1.55. The predicted octanol–water partition coefficient (Wildman–Crippen LogP) is 2.54. The summed E-state index contributed by atoms with van der Waals surface area (Å²) in [6.45, 7) is 6.17. The predicted molar refractivity (Wildman–Crippen MR) is 84.4 cm³/mol. The Labute approximate surface area is 127 Å². The number of carbonyl (C=O) groups excluding carboxylic acids is 1. The maximum atomic E-state index is 11.8. The van der Waals surface area contributed by atoms with Gasteiger partial charge in [0.2, 0.25) is 5.91 Å². The van der Waals surface area contributed by atoms with Crippen LogP contribution in [0.15, 0.2) is 24.3 Å². The molecular weight excluding hydrogens is 266 g/mol. The van der Waals surface area contributed by atoms with Crippen molar-refractivity contribution in [2.24, 2.45) is 5.92 Å². The van der Waals surface area contributed by atoms with Crippen LogP contribution < -0.4 is 10.1 Å². The number of amides is 1. The molecular formula is C17H27NO3. The van der Waals surface area contributed by atoms with Gasteiger partial charge < -0.3 is 15.2 Å². The number of rotatable bonds is 8. The minimum atomic E-state index is -0.843. The minimum absolute atomic E-state index is 0.0325. The maximum Gasteiger partial charge on any atom is 0.220 e. The van der Waals surface area contributed by atoms with Crippen LogP contribution in [0.3, 0.4) is 0 Å². The zero-order valence-corrected chi connectivity index (χ0v) is 13.5. The summed E-state index contributed by atoms with van der Waals surface area (Å²) < 4.78 is 5.10. The fourth-order valence-corrected chi connectivity index (χ4v) is 2.38. The van der Waals surface area contributed by atoms with Crippen molar-refractivity contribution in [3.05, 3.63) is 29.8 Å². The van der Waals surface area contributed by atoms with Crippen LogP contribution in [0, 0.1) is 5.92 Å². The number of ether oxygens (including phenoxy) is 1. The number of benzene rings is 1. The standard InChI is InChI=1S/C17H27NO3/c1-13(2)11-17(3,20)12-18-16(19)10-7-14-5-8-15(21-4)9-6-14/h5-6,8-9,13,20H,7,10-12H2,1-4H3,(H,18,19). The van der Waals surface area contributed by atoms with Gasteiger partial charge in [0.05, 0.1) is 12.7 Å². The molecule has 0 aliphatic rings. The highest BCUT2D eigenvalue weighted by Gasteiger charge is 2.22. The molecule has 1 aromatic rings. The lowest BCUT2D eigenvalue weighted by atomic mass is 9.94. The van der Waals surface area contributed by atoms with Crippen molar-refractivity contribution in [1.29, 1.82) is 0 Å². The van der Waals surface area contributed by atoms with Gasteiger partial charge in [0.1, 0.15) is 5.75 Å². The van der Waals surface area contributed by atoms with Crippen LogP contribution >= 0.6 is 0 Å². The van der Waals surface area contributed by atoms with Gasteiger partial charge in [-0.25, -0.2) is 0 Å². The summed E-state index contributed by atoms with van der Waals surface area (Å²) >= 11 is 0. The van der Waals surface area contributed by atoms with Gasteiger partial charge in [0.25, 0.3) is 0 Å². The fraction of sp³-hybridized carbons (Fsp3) is 0.588. The smallest absolute Gasteiger partial charge is 0.220 e. The number of methoxy groups -OCH3 is 1. The molecule has 1 unspecified atom stereocenters. The highest BCUT2D eigenvalue weighted by atomic mass is 16.5. The van der Waals surface area contributed by atoms with Crippen LogP contribution in [0.1, 0.15) is 39.2 Å². The molecule has 0 radical (unpaired) electrons. The molecule has 0 spiro atoms. The molecule has 0 bridgehead atoms. The zero-order chi connectivity index (χ0) is 15.9. The van der Waals surface area contributed by atoms with E-state index in [2.05, 4.69) is 19.2 Å². The third-order valence-electron chi connectivity index (χ3n) is 3.31. The average Bonchev–Trinajstić information content (AvgIpc) is 2.42. The van der Waals surface area contributed by atoms with Gasteiger partial charge in [0, 0.05) is 13.0 Å². The molecule has 1 aromatic carbocycles. The molecule has 0 aliphatic heterocycles. The van der Waals surface area contributed by atoms with Gasteiger partial charge in [-0.3, -0.25) is 4.79 Å². The molecule has 21 heavy (non-hydrogen) atoms. The Kier molecular flexibility index (Phi) is 6.69. The third kappa shape index (κ3) is 7.14. The number of carbonyl (C=O) groups is 1. The van der Waals surface area contributed by atoms with Gasteiger partial charge in [-0.15, -0.1) is 0 Å². The van der Waals surface area contributed by atoms with E-state index in [0.29, 0.717) is 31.7 Å². The summed E-state index contributed by atoms with van der Waals surface area (Å²) in [6, 6.07) is 7.70. The Morgan fingerprint density at radius 3 is 2.48 bits per heavy atom. The Morgan fingerprint density at radius 1 is 1.33 bits per heavy atom. The Morgan fingerprint density at radius 2 is 1.95 bits per heavy atom. The molecule has 4 heteroatoms. The van der Waals surface area contributed by atoms with Crippen LogP contribution in [-0.4, -0.2) is 30.3 Å². The summed E-state index contributed by atoms with van der Waals surface area (Å²) in [6.07, 6.45) is 1.78. The first-order valence-corrected chi connectivity index (χ1v) is 7.44. The van der Waals surface area contributed by atoms with E-state index >= 15 is 0 Å². The first-order chi connectivity index (χ1) is 9.82. The monoisotopic (exact) mass is 293 g/mol. The van der Waals surface area contributed by atoms with Crippen molar-refractivity contribution in [1.82, 2.24) is 5.32 Å². The molecule has 118 valence electrons. The summed E-state index contributed by atoms with van der Waals surface area (Å²) in [7, 11) is 1.63. The number of hydrogen-bond acceptors (Lipinski definition) is 3. The Bertz CT molecular complexity index is 438. The van der Waals surface area contributed by atoms with Crippen molar-refractivity contribution in [3.63, 3.8) is 0 Å². The third-order valence-corrected chi connectivity index (χ3v) is 3.31.